The number of nitrogens with one attached hydrogen (secondary N) is 2. The largest absolute Gasteiger partial charge is 0.362 e. The predicted molar refractivity (Wildman–Crippen MR) is 117 cm³/mol. The minimum absolute atomic E-state index is 0.0345. The van der Waals surface area contributed by atoms with E-state index in [-0.39, 0.29) is 16.6 Å². The van der Waals surface area contributed by atoms with Gasteiger partial charge in [0.15, 0.2) is 5.78 Å². The molecule has 7 nitrogen and oxygen atoms in total. The van der Waals surface area contributed by atoms with Gasteiger partial charge in [0, 0.05) is 34.9 Å². The number of benzene rings is 2. The van der Waals surface area contributed by atoms with Crippen LogP contribution in [-0.2, 0) is 10.0 Å². The number of hydrogen-bond donors (Lipinski definition) is 2. The van der Waals surface area contributed by atoms with Crippen LogP contribution in [0.2, 0.25) is 0 Å². The molecule has 30 heavy (non-hydrogen) atoms. The number of nitrogens with zero attached hydrogens (tertiary/aromatic N) is 2. The van der Waals surface area contributed by atoms with Crippen molar-refractivity contribution in [2.24, 2.45) is 0 Å². The van der Waals surface area contributed by atoms with Gasteiger partial charge in [0.2, 0.25) is 5.95 Å². The van der Waals surface area contributed by atoms with Crippen molar-refractivity contribution in [1.82, 2.24) is 9.97 Å². The molecule has 3 rings (SSSR count). The van der Waals surface area contributed by atoms with Crippen LogP contribution >= 0.6 is 0 Å². The summed E-state index contributed by atoms with van der Waals surface area (Å²) in [6.45, 7) is 5.49. The van der Waals surface area contributed by atoms with E-state index in [2.05, 4.69) is 20.0 Å². The first kappa shape index (κ1) is 21.2. The Balaban J connectivity index is 1.65. The smallest absolute Gasteiger partial charge is 0.264 e. The van der Waals surface area contributed by atoms with Gasteiger partial charge >= 0.3 is 0 Å². The van der Waals surface area contributed by atoms with Crippen molar-refractivity contribution < 1.29 is 13.2 Å². The first-order chi connectivity index (χ1) is 14.2. The molecule has 2 aromatic carbocycles. The number of carbonyl (C=O) groups is 1. The SMILES string of the molecule is Cc1ccc(C(=O)/C=C/Nc2ccc(S(=O)(=O)Nc3nc(C)cc(C)n3)cc2)cc1. The fourth-order valence-electron chi connectivity index (χ4n) is 2.71. The zero-order valence-corrected chi connectivity index (χ0v) is 17.7. The fraction of sp³-hybridized carbons (Fsp3) is 0.136. The summed E-state index contributed by atoms with van der Waals surface area (Å²) in [5.74, 6) is -0.0911. The van der Waals surface area contributed by atoms with Crippen molar-refractivity contribution >= 4 is 27.4 Å². The van der Waals surface area contributed by atoms with E-state index >= 15 is 0 Å². The zero-order valence-electron chi connectivity index (χ0n) is 16.9. The van der Waals surface area contributed by atoms with E-state index in [9.17, 15) is 13.2 Å². The molecular weight excluding hydrogens is 400 g/mol. The van der Waals surface area contributed by atoms with Gasteiger partial charge in [-0.2, -0.15) is 0 Å². The maximum Gasteiger partial charge on any atom is 0.264 e. The Hall–Kier alpha value is -3.52. The minimum atomic E-state index is -3.81. The van der Waals surface area contributed by atoms with Crippen molar-refractivity contribution in [1.29, 1.82) is 0 Å². The van der Waals surface area contributed by atoms with Crippen LogP contribution < -0.4 is 10.0 Å². The highest BCUT2D eigenvalue weighted by atomic mass is 32.2. The maximum absolute atomic E-state index is 12.5. The van der Waals surface area contributed by atoms with E-state index in [4.69, 9.17) is 0 Å². The van der Waals surface area contributed by atoms with Crippen LogP contribution in [0.3, 0.4) is 0 Å². The molecule has 0 bridgehead atoms. The zero-order chi connectivity index (χ0) is 21.7. The number of aryl methyl sites for hydroxylation is 3. The molecule has 0 atom stereocenters. The van der Waals surface area contributed by atoms with Crippen molar-refractivity contribution in [2.45, 2.75) is 25.7 Å². The van der Waals surface area contributed by atoms with Crippen molar-refractivity contribution in [3.8, 4) is 0 Å². The molecule has 2 N–H and O–H groups in total. The Bertz CT molecular complexity index is 1170. The number of anilines is 2. The van der Waals surface area contributed by atoms with Crippen LogP contribution in [0, 0.1) is 20.8 Å². The van der Waals surface area contributed by atoms with Crippen molar-refractivity contribution in [2.75, 3.05) is 10.0 Å². The summed E-state index contributed by atoms with van der Waals surface area (Å²) in [6.07, 6.45) is 2.95. The molecule has 0 saturated heterocycles. The number of allylic oxidation sites excluding steroid dienone is 1. The minimum Gasteiger partial charge on any atom is -0.362 e. The van der Waals surface area contributed by atoms with Gasteiger partial charge in [0.25, 0.3) is 10.0 Å². The van der Waals surface area contributed by atoms with Gasteiger partial charge in [-0.1, -0.05) is 29.8 Å². The average Bonchev–Trinajstić information content (AvgIpc) is 2.67. The first-order valence-electron chi connectivity index (χ1n) is 9.22. The number of ketones is 1. The molecule has 0 aliphatic carbocycles. The Morgan fingerprint density at radius 1 is 0.900 bits per heavy atom. The van der Waals surface area contributed by atoms with Crippen LogP contribution in [0.15, 0.2) is 71.8 Å². The molecule has 1 heterocycles. The maximum atomic E-state index is 12.5. The summed E-state index contributed by atoms with van der Waals surface area (Å²) < 4.78 is 27.5. The average molecular weight is 423 g/mol. The Kier molecular flexibility index (Phi) is 6.27. The lowest BCUT2D eigenvalue weighted by molar-refractivity contribution is 0.104. The molecular formula is C22H22N4O3S. The van der Waals surface area contributed by atoms with Crippen molar-refractivity contribution in [3.05, 3.63) is 89.4 Å². The van der Waals surface area contributed by atoms with Crippen LogP contribution in [0.1, 0.15) is 27.3 Å². The van der Waals surface area contributed by atoms with E-state index in [0.29, 0.717) is 22.6 Å². The van der Waals surface area contributed by atoms with Gasteiger partial charge in [0.05, 0.1) is 4.90 Å². The van der Waals surface area contributed by atoms with E-state index in [1.165, 1.54) is 24.4 Å². The summed E-state index contributed by atoms with van der Waals surface area (Å²) >= 11 is 0. The number of rotatable bonds is 7. The van der Waals surface area contributed by atoms with Gasteiger partial charge in [0.1, 0.15) is 0 Å². The summed E-state index contributed by atoms with van der Waals surface area (Å²) in [7, 11) is -3.81. The standard InChI is InChI=1S/C22H22N4O3S/c1-15-4-6-18(7-5-15)21(27)12-13-23-19-8-10-20(11-9-19)30(28,29)26-22-24-16(2)14-17(3)25-22/h4-14,23H,1-3H3,(H,24,25,26)/b13-12+. The van der Waals surface area contributed by atoms with Crippen LogP contribution in [0.25, 0.3) is 0 Å². The normalized spacial score (nSPS) is 11.4. The lowest BCUT2D eigenvalue weighted by atomic mass is 10.1. The third-order valence-corrected chi connectivity index (χ3v) is 5.54. The molecule has 0 unspecified atom stereocenters. The Labute approximate surface area is 176 Å². The molecule has 0 aliphatic rings. The number of aromatic nitrogens is 2. The lowest BCUT2D eigenvalue weighted by Gasteiger charge is -2.09. The molecule has 0 aliphatic heterocycles. The number of sulfonamides is 1. The van der Waals surface area contributed by atoms with Gasteiger partial charge in [-0.15, -0.1) is 0 Å². The highest BCUT2D eigenvalue weighted by molar-refractivity contribution is 7.92. The van der Waals surface area contributed by atoms with Gasteiger partial charge in [-0.05, 0) is 51.1 Å². The van der Waals surface area contributed by atoms with Crippen LogP contribution in [-0.4, -0.2) is 24.2 Å². The van der Waals surface area contributed by atoms with Crippen LogP contribution in [0.5, 0.6) is 0 Å². The molecule has 3 aromatic rings. The molecule has 0 spiro atoms. The summed E-state index contributed by atoms with van der Waals surface area (Å²) in [5.41, 5.74) is 3.67. The summed E-state index contributed by atoms with van der Waals surface area (Å²) in [4.78, 5) is 20.4. The molecule has 154 valence electrons. The quantitative estimate of drug-likeness (QED) is 0.441. The second kappa shape index (κ2) is 8.87. The first-order valence-corrected chi connectivity index (χ1v) is 10.7. The molecule has 0 radical (unpaired) electrons. The van der Waals surface area contributed by atoms with E-state index < -0.39 is 10.0 Å². The highest BCUT2D eigenvalue weighted by Gasteiger charge is 2.16. The molecule has 0 amide bonds. The van der Waals surface area contributed by atoms with E-state index in [1.807, 2.05) is 19.1 Å². The molecule has 8 heteroatoms. The van der Waals surface area contributed by atoms with E-state index in [1.54, 1.807) is 44.2 Å². The highest BCUT2D eigenvalue weighted by Crippen LogP contribution is 2.17. The molecule has 1 aromatic heterocycles. The third kappa shape index (κ3) is 5.51. The summed E-state index contributed by atoms with van der Waals surface area (Å²) in [5, 5.41) is 2.96. The fourth-order valence-corrected chi connectivity index (χ4v) is 3.65. The lowest BCUT2D eigenvalue weighted by Crippen LogP contribution is -2.15. The predicted octanol–water partition coefficient (Wildman–Crippen LogP) is 4.01. The van der Waals surface area contributed by atoms with Gasteiger partial charge < -0.3 is 5.32 Å². The number of carbonyl (C=O) groups excluding carboxylic acids is 1. The van der Waals surface area contributed by atoms with Gasteiger partial charge in [-0.3, -0.25) is 4.79 Å². The van der Waals surface area contributed by atoms with Crippen LogP contribution in [0.4, 0.5) is 11.6 Å². The monoisotopic (exact) mass is 422 g/mol. The Morgan fingerprint density at radius 3 is 2.10 bits per heavy atom. The van der Waals surface area contributed by atoms with E-state index in [0.717, 1.165) is 5.56 Å². The third-order valence-electron chi connectivity index (χ3n) is 4.19. The Morgan fingerprint density at radius 2 is 1.50 bits per heavy atom. The molecule has 0 saturated carbocycles. The van der Waals surface area contributed by atoms with Gasteiger partial charge in [-0.25, -0.2) is 23.1 Å². The number of hydrogen-bond acceptors (Lipinski definition) is 6. The van der Waals surface area contributed by atoms with Crippen molar-refractivity contribution in [3.63, 3.8) is 0 Å². The summed E-state index contributed by atoms with van der Waals surface area (Å²) in [6, 6.07) is 15.2. The second-order valence-corrected chi connectivity index (χ2v) is 8.49. The second-order valence-electron chi connectivity index (χ2n) is 6.81. The molecule has 0 fully saturated rings. The topological polar surface area (TPSA) is 101 Å².